The minimum Gasteiger partial charge on any atom is -0.508 e. The Morgan fingerprint density at radius 2 is 2.15 bits per heavy atom. The van der Waals surface area contributed by atoms with E-state index in [-0.39, 0.29) is 11.8 Å². The van der Waals surface area contributed by atoms with Gasteiger partial charge in [0.25, 0.3) is 0 Å². The number of benzene rings is 2. The molecule has 5 heteroatoms. The van der Waals surface area contributed by atoms with E-state index in [9.17, 15) is 10.4 Å². The third kappa shape index (κ3) is 2.30. The van der Waals surface area contributed by atoms with E-state index in [0.29, 0.717) is 17.9 Å². The molecule has 0 amide bonds. The minimum absolute atomic E-state index is 0.0288. The lowest BCUT2D eigenvalue weighted by molar-refractivity contribution is 0.338. The number of phenols is 1. The highest BCUT2D eigenvalue weighted by molar-refractivity contribution is 9.10. The van der Waals surface area contributed by atoms with Gasteiger partial charge < -0.3 is 15.2 Å². The van der Waals surface area contributed by atoms with Gasteiger partial charge in [-0.2, -0.15) is 5.26 Å². The van der Waals surface area contributed by atoms with E-state index in [4.69, 9.17) is 4.74 Å². The quantitative estimate of drug-likeness (QED) is 0.883. The molecule has 0 bridgehead atoms. The molecule has 1 aliphatic heterocycles. The molecule has 2 N–H and O–H groups in total. The Morgan fingerprint density at radius 3 is 2.95 bits per heavy atom. The summed E-state index contributed by atoms with van der Waals surface area (Å²) in [6.07, 6.45) is 0. The first-order valence-electron chi connectivity index (χ1n) is 6.09. The van der Waals surface area contributed by atoms with Gasteiger partial charge in [-0.25, -0.2) is 0 Å². The molecule has 1 unspecified atom stereocenters. The lowest BCUT2D eigenvalue weighted by Gasteiger charge is -2.14. The van der Waals surface area contributed by atoms with E-state index in [1.807, 2.05) is 18.2 Å². The maximum absolute atomic E-state index is 9.44. The van der Waals surface area contributed by atoms with Crippen molar-refractivity contribution < 1.29 is 9.84 Å². The number of nitrogens with one attached hydrogen (secondary N) is 1. The largest absolute Gasteiger partial charge is 0.508 e. The molecule has 0 radical (unpaired) electrons. The Morgan fingerprint density at radius 1 is 1.30 bits per heavy atom. The van der Waals surface area contributed by atoms with E-state index in [1.165, 1.54) is 0 Å². The average molecular weight is 331 g/mol. The number of aromatic hydroxyl groups is 1. The molecule has 0 spiro atoms. The van der Waals surface area contributed by atoms with Crippen LogP contribution in [0.4, 0.5) is 5.69 Å². The first-order chi connectivity index (χ1) is 9.67. The fourth-order valence-electron chi connectivity index (χ4n) is 2.24. The summed E-state index contributed by atoms with van der Waals surface area (Å²) < 4.78 is 6.41. The Balaban J connectivity index is 1.90. The van der Waals surface area contributed by atoms with E-state index >= 15 is 0 Å². The predicted molar refractivity (Wildman–Crippen MR) is 78.8 cm³/mol. The summed E-state index contributed by atoms with van der Waals surface area (Å²) in [5.74, 6) is 0.865. The highest BCUT2D eigenvalue weighted by Crippen LogP contribution is 2.37. The Hall–Kier alpha value is -2.19. The second kappa shape index (κ2) is 5.06. The lowest BCUT2D eigenvalue weighted by Crippen LogP contribution is -2.12. The van der Waals surface area contributed by atoms with Crippen molar-refractivity contribution >= 4 is 21.6 Å². The van der Waals surface area contributed by atoms with Crippen LogP contribution in [0.25, 0.3) is 0 Å². The number of ether oxygens (including phenoxy) is 1. The molecule has 1 atom stereocenters. The molecular weight excluding hydrogens is 320 g/mol. The molecule has 0 saturated carbocycles. The molecular formula is C15H11BrN2O2. The van der Waals surface area contributed by atoms with Gasteiger partial charge in [0.05, 0.1) is 17.3 Å². The van der Waals surface area contributed by atoms with Gasteiger partial charge >= 0.3 is 0 Å². The minimum atomic E-state index is -0.0288. The molecule has 0 aromatic heterocycles. The molecule has 1 aliphatic rings. The van der Waals surface area contributed by atoms with Crippen LogP contribution in [0.5, 0.6) is 11.5 Å². The zero-order valence-corrected chi connectivity index (χ0v) is 12.0. The molecule has 4 nitrogen and oxygen atoms in total. The molecule has 3 rings (SSSR count). The fraction of sp³-hybridized carbons (Fsp3) is 0.133. The van der Waals surface area contributed by atoms with Gasteiger partial charge in [-0.1, -0.05) is 15.9 Å². The number of halogens is 1. The van der Waals surface area contributed by atoms with Crippen molar-refractivity contribution in [1.29, 1.82) is 5.26 Å². The summed E-state index contributed by atoms with van der Waals surface area (Å²) in [4.78, 5) is 0. The van der Waals surface area contributed by atoms with Gasteiger partial charge in [0.2, 0.25) is 0 Å². The summed E-state index contributed by atoms with van der Waals surface area (Å²) in [6, 6.07) is 12.7. The highest BCUT2D eigenvalue weighted by atomic mass is 79.9. The summed E-state index contributed by atoms with van der Waals surface area (Å²) >= 11 is 3.35. The topological polar surface area (TPSA) is 65.3 Å². The zero-order chi connectivity index (χ0) is 14.1. The number of fused-ring (bicyclic) bond motifs is 1. The van der Waals surface area contributed by atoms with E-state index < -0.39 is 0 Å². The smallest absolute Gasteiger partial charge is 0.128 e. The standard InChI is InChI=1S/C15H11BrN2O2/c16-10-1-4-13(9(5-10)7-17)18-14-8-20-15-6-11(19)2-3-12(14)15/h1-6,14,18-19H,8H2. The van der Waals surface area contributed by atoms with Crippen LogP contribution in [0.3, 0.4) is 0 Å². The third-order valence-corrected chi connectivity index (χ3v) is 3.70. The van der Waals surface area contributed by atoms with Crippen LogP contribution >= 0.6 is 15.9 Å². The van der Waals surface area contributed by atoms with Gasteiger partial charge in [-0.05, 0) is 30.3 Å². The van der Waals surface area contributed by atoms with Gasteiger partial charge in [-0.3, -0.25) is 0 Å². The van der Waals surface area contributed by atoms with Crippen molar-refractivity contribution in [1.82, 2.24) is 0 Å². The first kappa shape index (κ1) is 12.8. The van der Waals surface area contributed by atoms with Gasteiger partial charge in [0.15, 0.2) is 0 Å². The number of rotatable bonds is 2. The monoisotopic (exact) mass is 330 g/mol. The maximum Gasteiger partial charge on any atom is 0.128 e. The van der Waals surface area contributed by atoms with Gasteiger partial charge in [-0.15, -0.1) is 0 Å². The second-order valence-corrected chi connectivity index (χ2v) is 5.45. The van der Waals surface area contributed by atoms with Crippen LogP contribution in [0.15, 0.2) is 40.9 Å². The molecule has 100 valence electrons. The second-order valence-electron chi connectivity index (χ2n) is 4.53. The van der Waals surface area contributed by atoms with E-state index in [0.717, 1.165) is 15.7 Å². The van der Waals surface area contributed by atoms with Crippen LogP contribution in [-0.2, 0) is 0 Å². The molecule has 0 aliphatic carbocycles. The van der Waals surface area contributed by atoms with Crippen LogP contribution in [0.2, 0.25) is 0 Å². The lowest BCUT2D eigenvalue weighted by atomic mass is 10.1. The summed E-state index contributed by atoms with van der Waals surface area (Å²) in [5.41, 5.74) is 2.33. The number of nitrogens with zero attached hydrogens (tertiary/aromatic N) is 1. The van der Waals surface area contributed by atoms with Crippen LogP contribution < -0.4 is 10.1 Å². The number of nitriles is 1. The predicted octanol–water partition coefficient (Wildman–Crippen LogP) is 3.57. The van der Waals surface area contributed by atoms with E-state index in [1.54, 1.807) is 18.2 Å². The van der Waals surface area contributed by atoms with Crippen molar-refractivity contribution in [2.45, 2.75) is 6.04 Å². The highest BCUT2D eigenvalue weighted by Gasteiger charge is 2.24. The molecule has 2 aromatic rings. The number of anilines is 1. The van der Waals surface area contributed by atoms with Crippen molar-refractivity contribution in [2.75, 3.05) is 11.9 Å². The van der Waals surface area contributed by atoms with Crippen molar-refractivity contribution in [3.63, 3.8) is 0 Å². The molecule has 2 aromatic carbocycles. The molecule has 1 heterocycles. The van der Waals surface area contributed by atoms with Crippen LogP contribution in [0, 0.1) is 11.3 Å². The van der Waals surface area contributed by atoms with Crippen molar-refractivity contribution in [3.8, 4) is 17.6 Å². The number of hydrogen-bond acceptors (Lipinski definition) is 4. The Kier molecular flexibility index (Phi) is 3.25. The van der Waals surface area contributed by atoms with Crippen LogP contribution in [-0.4, -0.2) is 11.7 Å². The Bertz CT molecular complexity index is 710. The maximum atomic E-state index is 9.44. The van der Waals surface area contributed by atoms with E-state index in [2.05, 4.69) is 27.3 Å². The summed E-state index contributed by atoms with van der Waals surface area (Å²) in [5, 5.41) is 21.9. The van der Waals surface area contributed by atoms with Crippen LogP contribution in [0.1, 0.15) is 17.2 Å². The average Bonchev–Trinajstić information content (AvgIpc) is 2.83. The zero-order valence-electron chi connectivity index (χ0n) is 10.4. The SMILES string of the molecule is N#Cc1cc(Br)ccc1NC1COc2cc(O)ccc21. The van der Waals surface area contributed by atoms with Gasteiger partial charge in [0.1, 0.15) is 24.2 Å². The third-order valence-electron chi connectivity index (χ3n) is 3.21. The molecule has 0 saturated heterocycles. The molecule has 20 heavy (non-hydrogen) atoms. The van der Waals surface area contributed by atoms with Gasteiger partial charge in [0, 0.05) is 16.1 Å². The normalized spacial score (nSPS) is 16.1. The van der Waals surface area contributed by atoms with Crippen molar-refractivity contribution in [2.24, 2.45) is 0 Å². The number of hydrogen-bond donors (Lipinski definition) is 2. The number of phenolic OH excluding ortho intramolecular Hbond substituents is 1. The van der Waals surface area contributed by atoms with Crippen molar-refractivity contribution in [3.05, 3.63) is 52.0 Å². The first-order valence-corrected chi connectivity index (χ1v) is 6.88. The summed E-state index contributed by atoms with van der Waals surface area (Å²) in [7, 11) is 0. The summed E-state index contributed by atoms with van der Waals surface area (Å²) in [6.45, 7) is 0.472. The fourth-order valence-corrected chi connectivity index (χ4v) is 2.60. The Labute approximate surface area is 124 Å². The molecule has 0 fully saturated rings.